The van der Waals surface area contributed by atoms with Gasteiger partial charge in [0, 0.05) is 19.5 Å². The number of hydrogen-bond donors (Lipinski definition) is 2. The topological polar surface area (TPSA) is 118 Å². The minimum Gasteiger partial charge on any atom is -0.477 e. The smallest absolute Gasteiger partial charge is 0.347 e. The number of nitrogens with two attached hydrogens (primary N) is 1. The van der Waals surface area contributed by atoms with Crippen LogP contribution in [0.1, 0.15) is 28.9 Å². The Hall–Kier alpha value is -1.45. The third-order valence-electron chi connectivity index (χ3n) is 3.50. The van der Waals surface area contributed by atoms with Gasteiger partial charge >= 0.3 is 5.97 Å². The molecule has 3 N–H and O–H groups in total. The van der Waals surface area contributed by atoms with Crippen molar-refractivity contribution in [2.75, 3.05) is 13.1 Å². The molecule has 1 aliphatic heterocycles. The van der Waals surface area contributed by atoms with Gasteiger partial charge in [-0.3, -0.25) is 4.79 Å². The van der Waals surface area contributed by atoms with Gasteiger partial charge in [0.25, 0.3) is 0 Å². The number of hydrogen-bond acceptors (Lipinski definition) is 5. The molecule has 1 fully saturated rings. The second-order valence-electron chi connectivity index (χ2n) is 4.94. The summed E-state index contributed by atoms with van der Waals surface area (Å²) in [5, 5.41) is 10.5. The summed E-state index contributed by atoms with van der Waals surface area (Å²) in [6.45, 7) is 0.546. The maximum atomic E-state index is 12.5. The Kier molecular flexibility index (Phi) is 4.64. The molecular formula is C12H16N2O5S2. The monoisotopic (exact) mass is 332 g/mol. The molecule has 2 heterocycles. The van der Waals surface area contributed by atoms with Crippen LogP contribution < -0.4 is 5.73 Å². The number of sulfonamides is 1. The Balaban J connectivity index is 2.13. The predicted octanol–water partition coefficient (Wildman–Crippen LogP) is 0.722. The summed E-state index contributed by atoms with van der Waals surface area (Å²) in [6.07, 6.45) is 1.36. The number of carboxylic acids is 1. The fourth-order valence-electron chi connectivity index (χ4n) is 2.43. The Morgan fingerprint density at radius 2 is 2.00 bits per heavy atom. The van der Waals surface area contributed by atoms with E-state index in [1.54, 1.807) is 0 Å². The van der Waals surface area contributed by atoms with Crippen molar-refractivity contribution >= 4 is 33.2 Å². The molecule has 0 bridgehead atoms. The number of piperidine rings is 1. The number of rotatable bonds is 5. The van der Waals surface area contributed by atoms with Crippen LogP contribution in [0.25, 0.3) is 0 Å². The first-order valence-electron chi connectivity index (χ1n) is 6.41. The first-order valence-corrected chi connectivity index (χ1v) is 8.73. The average molecular weight is 332 g/mol. The number of primary amides is 1. The second kappa shape index (κ2) is 6.12. The van der Waals surface area contributed by atoms with Crippen LogP contribution in [0.2, 0.25) is 0 Å². The van der Waals surface area contributed by atoms with Crippen molar-refractivity contribution in [2.45, 2.75) is 24.2 Å². The average Bonchev–Trinajstić information content (AvgIpc) is 2.88. The van der Waals surface area contributed by atoms with E-state index in [1.165, 1.54) is 15.8 Å². The summed E-state index contributed by atoms with van der Waals surface area (Å²) >= 11 is 0.891. The third kappa shape index (κ3) is 3.42. The molecule has 0 aromatic carbocycles. The lowest BCUT2D eigenvalue weighted by molar-refractivity contribution is -0.119. The zero-order chi connectivity index (χ0) is 15.6. The standard InChI is InChI=1S/C12H16N2O5S2/c13-10(15)7-8-1-4-14(5-2-8)21(18,19)9-3-6-20-11(9)12(16)17/h3,6,8H,1-2,4-5,7H2,(H2,13,15)(H,16,17). The predicted molar refractivity (Wildman–Crippen MR) is 76.6 cm³/mol. The Bertz CT molecular complexity index is 644. The molecule has 2 rings (SSSR count). The molecule has 1 amide bonds. The van der Waals surface area contributed by atoms with Crippen molar-refractivity contribution in [2.24, 2.45) is 11.7 Å². The molecule has 7 nitrogen and oxygen atoms in total. The highest BCUT2D eigenvalue weighted by molar-refractivity contribution is 7.89. The Morgan fingerprint density at radius 1 is 1.38 bits per heavy atom. The SMILES string of the molecule is NC(=O)CC1CCN(S(=O)(=O)c2ccsc2C(=O)O)CC1. The maximum absolute atomic E-state index is 12.5. The number of carbonyl (C=O) groups is 2. The van der Waals surface area contributed by atoms with Crippen molar-refractivity contribution in [3.8, 4) is 0 Å². The van der Waals surface area contributed by atoms with Crippen LogP contribution in [0.4, 0.5) is 0 Å². The van der Waals surface area contributed by atoms with Gasteiger partial charge in [0.15, 0.2) is 0 Å². The Labute approximate surface area is 126 Å². The van der Waals surface area contributed by atoms with E-state index in [2.05, 4.69) is 0 Å². The van der Waals surface area contributed by atoms with Gasteiger partial charge in [-0.25, -0.2) is 13.2 Å². The van der Waals surface area contributed by atoms with Crippen molar-refractivity contribution in [3.63, 3.8) is 0 Å². The first-order chi connectivity index (χ1) is 9.82. The van der Waals surface area contributed by atoms with Crippen molar-refractivity contribution in [1.82, 2.24) is 4.31 Å². The van der Waals surface area contributed by atoms with Crippen LogP contribution in [-0.2, 0) is 14.8 Å². The minimum absolute atomic E-state index is 0.0929. The van der Waals surface area contributed by atoms with Gasteiger partial charge in [-0.1, -0.05) is 0 Å². The van der Waals surface area contributed by atoms with Crippen molar-refractivity contribution in [1.29, 1.82) is 0 Å². The van der Waals surface area contributed by atoms with Crippen LogP contribution in [0.5, 0.6) is 0 Å². The normalized spacial score (nSPS) is 17.7. The quantitative estimate of drug-likeness (QED) is 0.824. The highest BCUT2D eigenvalue weighted by Gasteiger charge is 2.33. The molecule has 0 atom stereocenters. The Morgan fingerprint density at radius 3 is 2.52 bits per heavy atom. The summed E-state index contributed by atoms with van der Waals surface area (Å²) in [5.41, 5.74) is 5.14. The summed E-state index contributed by atoms with van der Waals surface area (Å²) < 4.78 is 26.2. The lowest BCUT2D eigenvalue weighted by Gasteiger charge is -2.30. The molecule has 1 aromatic heterocycles. The number of amides is 1. The molecule has 0 radical (unpaired) electrons. The van der Waals surface area contributed by atoms with E-state index in [0.29, 0.717) is 12.8 Å². The molecule has 21 heavy (non-hydrogen) atoms. The van der Waals surface area contributed by atoms with Gasteiger partial charge in [-0.15, -0.1) is 11.3 Å². The van der Waals surface area contributed by atoms with Crippen molar-refractivity contribution in [3.05, 3.63) is 16.3 Å². The summed E-state index contributed by atoms with van der Waals surface area (Å²) in [4.78, 5) is 21.6. The zero-order valence-electron chi connectivity index (χ0n) is 11.2. The molecule has 0 saturated carbocycles. The van der Waals surface area contributed by atoms with E-state index >= 15 is 0 Å². The molecule has 0 aliphatic carbocycles. The van der Waals surface area contributed by atoms with Gasteiger partial charge in [0.05, 0.1) is 0 Å². The fraction of sp³-hybridized carbons (Fsp3) is 0.500. The van der Waals surface area contributed by atoms with E-state index in [1.807, 2.05) is 0 Å². The lowest BCUT2D eigenvalue weighted by Crippen LogP contribution is -2.39. The van der Waals surface area contributed by atoms with E-state index in [9.17, 15) is 18.0 Å². The van der Waals surface area contributed by atoms with Crippen LogP contribution >= 0.6 is 11.3 Å². The van der Waals surface area contributed by atoms with E-state index in [4.69, 9.17) is 10.8 Å². The van der Waals surface area contributed by atoms with Crippen LogP contribution in [0.15, 0.2) is 16.3 Å². The third-order valence-corrected chi connectivity index (χ3v) is 6.48. The van der Waals surface area contributed by atoms with Gasteiger partial charge in [0.1, 0.15) is 9.77 Å². The molecule has 1 aliphatic rings. The molecule has 1 aromatic rings. The number of aromatic carboxylic acids is 1. The zero-order valence-corrected chi connectivity index (χ0v) is 12.8. The number of carboxylic acid groups (broad SMARTS) is 1. The second-order valence-corrected chi connectivity index (χ2v) is 7.76. The molecule has 9 heteroatoms. The van der Waals surface area contributed by atoms with Crippen LogP contribution in [0, 0.1) is 5.92 Å². The largest absolute Gasteiger partial charge is 0.477 e. The number of carbonyl (C=O) groups excluding carboxylic acids is 1. The summed E-state index contributed by atoms with van der Waals surface area (Å²) in [7, 11) is -3.80. The van der Waals surface area contributed by atoms with Gasteiger partial charge < -0.3 is 10.8 Å². The van der Waals surface area contributed by atoms with Gasteiger partial charge in [-0.05, 0) is 30.2 Å². The minimum atomic E-state index is -3.80. The van der Waals surface area contributed by atoms with E-state index < -0.39 is 16.0 Å². The van der Waals surface area contributed by atoms with E-state index in [0.717, 1.165) is 11.3 Å². The first kappa shape index (κ1) is 15.9. The highest BCUT2D eigenvalue weighted by atomic mass is 32.2. The maximum Gasteiger partial charge on any atom is 0.347 e. The molecular weight excluding hydrogens is 316 g/mol. The van der Waals surface area contributed by atoms with Crippen molar-refractivity contribution < 1.29 is 23.1 Å². The van der Waals surface area contributed by atoms with Gasteiger partial charge in [0.2, 0.25) is 15.9 Å². The van der Waals surface area contributed by atoms with Crippen LogP contribution in [0.3, 0.4) is 0 Å². The summed E-state index contributed by atoms with van der Waals surface area (Å²) in [5.74, 6) is -1.54. The number of thiophene rings is 1. The number of nitrogens with zero attached hydrogens (tertiary/aromatic N) is 1. The van der Waals surface area contributed by atoms with Gasteiger partial charge in [-0.2, -0.15) is 4.31 Å². The summed E-state index contributed by atoms with van der Waals surface area (Å²) in [6, 6.07) is 1.32. The molecule has 0 spiro atoms. The molecule has 0 unspecified atom stereocenters. The van der Waals surface area contributed by atoms with E-state index in [-0.39, 0.29) is 41.1 Å². The lowest BCUT2D eigenvalue weighted by atomic mass is 9.94. The highest BCUT2D eigenvalue weighted by Crippen LogP contribution is 2.29. The molecule has 116 valence electrons. The van der Waals surface area contributed by atoms with Crippen LogP contribution in [-0.4, -0.2) is 42.8 Å². The molecule has 1 saturated heterocycles. The fourth-order valence-corrected chi connectivity index (χ4v) is 5.14.